The SMILES string of the molecule is COc1ccc(C2(O)OC(=O)C(C3=COCO3)=C2Cc2ccccc2Oc2ccccc2)cc1. The standard InChI is InChI=1S/C27H22O7/c1-30-20-13-11-19(12-14-20)27(29)22(25(26(28)34-27)24-16-31-17-32-24)15-18-7-5-6-10-23(18)33-21-8-3-2-4-9-21/h2-14,16,29H,15,17H2,1H3. The molecule has 1 atom stereocenters. The first-order valence-corrected chi connectivity index (χ1v) is 10.7. The maximum absolute atomic E-state index is 13.0. The van der Waals surface area contributed by atoms with Gasteiger partial charge in [0.15, 0.2) is 5.76 Å². The minimum absolute atomic E-state index is 0.0198. The van der Waals surface area contributed by atoms with Gasteiger partial charge in [0.2, 0.25) is 6.79 Å². The van der Waals surface area contributed by atoms with Gasteiger partial charge in [0.1, 0.15) is 29.1 Å². The number of cyclic esters (lactones) is 1. The summed E-state index contributed by atoms with van der Waals surface area (Å²) in [4.78, 5) is 13.0. The number of methoxy groups -OCH3 is 1. The van der Waals surface area contributed by atoms with Crippen molar-refractivity contribution in [3.63, 3.8) is 0 Å². The van der Waals surface area contributed by atoms with Crippen LogP contribution in [-0.2, 0) is 31.2 Å². The maximum atomic E-state index is 13.0. The summed E-state index contributed by atoms with van der Waals surface area (Å²) in [5, 5.41) is 11.7. The number of carbonyl (C=O) groups is 1. The second-order valence-electron chi connectivity index (χ2n) is 7.73. The van der Waals surface area contributed by atoms with Crippen molar-refractivity contribution in [2.45, 2.75) is 12.2 Å². The van der Waals surface area contributed by atoms with Crippen LogP contribution in [0.15, 0.2) is 102 Å². The van der Waals surface area contributed by atoms with E-state index < -0.39 is 11.8 Å². The highest BCUT2D eigenvalue weighted by molar-refractivity contribution is 5.97. The Morgan fingerprint density at radius 2 is 1.68 bits per heavy atom. The number of para-hydroxylation sites is 2. The van der Waals surface area contributed by atoms with E-state index in [2.05, 4.69) is 0 Å². The summed E-state index contributed by atoms with van der Waals surface area (Å²) < 4.78 is 27.5. The second-order valence-corrected chi connectivity index (χ2v) is 7.73. The number of rotatable bonds is 7. The molecular weight excluding hydrogens is 436 g/mol. The topological polar surface area (TPSA) is 83.5 Å². The molecule has 2 aliphatic rings. The van der Waals surface area contributed by atoms with Gasteiger partial charge in [-0.1, -0.05) is 36.4 Å². The molecule has 34 heavy (non-hydrogen) atoms. The number of hydrogen-bond donors (Lipinski definition) is 1. The summed E-state index contributed by atoms with van der Waals surface area (Å²) >= 11 is 0. The fourth-order valence-electron chi connectivity index (χ4n) is 3.97. The van der Waals surface area contributed by atoms with Crippen molar-refractivity contribution in [2.75, 3.05) is 13.9 Å². The van der Waals surface area contributed by atoms with E-state index in [0.717, 1.165) is 5.56 Å². The molecule has 0 spiro atoms. The summed E-state index contributed by atoms with van der Waals surface area (Å²) in [6.07, 6.45) is 1.51. The highest BCUT2D eigenvalue weighted by atomic mass is 16.7. The molecule has 0 bridgehead atoms. The number of aliphatic hydroxyl groups is 1. The molecule has 0 saturated heterocycles. The Morgan fingerprint density at radius 1 is 0.941 bits per heavy atom. The lowest BCUT2D eigenvalue weighted by atomic mass is 9.89. The van der Waals surface area contributed by atoms with Crippen LogP contribution in [-0.4, -0.2) is 25.0 Å². The van der Waals surface area contributed by atoms with Crippen LogP contribution >= 0.6 is 0 Å². The average Bonchev–Trinajstić information content (AvgIpc) is 3.47. The summed E-state index contributed by atoms with van der Waals surface area (Å²) in [5.74, 6) is -0.625. The molecule has 5 rings (SSSR count). The molecule has 2 heterocycles. The lowest BCUT2D eigenvalue weighted by Gasteiger charge is -2.26. The maximum Gasteiger partial charge on any atom is 0.345 e. The van der Waals surface area contributed by atoms with E-state index >= 15 is 0 Å². The molecule has 1 unspecified atom stereocenters. The van der Waals surface area contributed by atoms with Crippen molar-refractivity contribution >= 4 is 5.97 Å². The second kappa shape index (κ2) is 8.96. The number of hydrogen-bond acceptors (Lipinski definition) is 7. The van der Waals surface area contributed by atoms with E-state index in [4.69, 9.17) is 23.7 Å². The number of esters is 1. The normalized spacial score (nSPS) is 19.2. The van der Waals surface area contributed by atoms with E-state index in [9.17, 15) is 9.90 Å². The Labute approximate surface area is 196 Å². The van der Waals surface area contributed by atoms with Gasteiger partial charge in [-0.25, -0.2) is 4.79 Å². The van der Waals surface area contributed by atoms with Crippen molar-refractivity contribution in [2.24, 2.45) is 0 Å². The minimum Gasteiger partial charge on any atom is -0.497 e. The van der Waals surface area contributed by atoms with Crippen LogP contribution in [0.2, 0.25) is 0 Å². The monoisotopic (exact) mass is 458 g/mol. The Morgan fingerprint density at radius 3 is 2.38 bits per heavy atom. The summed E-state index contributed by atoms with van der Waals surface area (Å²) in [6.45, 7) is -0.0198. The zero-order valence-electron chi connectivity index (χ0n) is 18.4. The van der Waals surface area contributed by atoms with Gasteiger partial charge in [0.05, 0.1) is 7.11 Å². The van der Waals surface area contributed by atoms with Gasteiger partial charge in [0, 0.05) is 17.6 Å². The lowest BCUT2D eigenvalue weighted by molar-refractivity contribution is -0.186. The van der Waals surface area contributed by atoms with Gasteiger partial charge in [-0.3, -0.25) is 0 Å². The first-order valence-electron chi connectivity index (χ1n) is 10.7. The molecule has 172 valence electrons. The molecular formula is C27H22O7. The van der Waals surface area contributed by atoms with Gasteiger partial charge in [-0.2, -0.15) is 0 Å². The van der Waals surface area contributed by atoms with Crippen LogP contribution in [0.25, 0.3) is 0 Å². The summed E-state index contributed by atoms with van der Waals surface area (Å²) in [7, 11) is 1.55. The fourth-order valence-corrected chi connectivity index (χ4v) is 3.97. The highest BCUT2D eigenvalue weighted by Crippen LogP contribution is 2.45. The van der Waals surface area contributed by atoms with E-state index in [-0.39, 0.29) is 24.5 Å². The van der Waals surface area contributed by atoms with Crippen LogP contribution in [0.5, 0.6) is 17.2 Å². The van der Waals surface area contributed by atoms with E-state index in [0.29, 0.717) is 28.4 Å². The van der Waals surface area contributed by atoms with Crippen LogP contribution in [0.3, 0.4) is 0 Å². The molecule has 0 aromatic heterocycles. The summed E-state index contributed by atoms with van der Waals surface area (Å²) in [5.41, 5.74) is 1.59. The zero-order valence-corrected chi connectivity index (χ0v) is 18.4. The first kappa shape index (κ1) is 21.6. The largest absolute Gasteiger partial charge is 0.497 e. The number of ether oxygens (including phenoxy) is 5. The smallest absolute Gasteiger partial charge is 0.345 e. The first-order chi connectivity index (χ1) is 16.6. The molecule has 1 N–H and O–H groups in total. The molecule has 7 nitrogen and oxygen atoms in total. The minimum atomic E-state index is -2.01. The van der Waals surface area contributed by atoms with Crippen molar-refractivity contribution in [1.29, 1.82) is 0 Å². The molecule has 2 aliphatic heterocycles. The Bertz CT molecular complexity index is 1260. The Balaban J connectivity index is 1.59. The molecule has 0 amide bonds. The summed E-state index contributed by atoms with van der Waals surface area (Å²) in [6, 6.07) is 23.5. The lowest BCUT2D eigenvalue weighted by Crippen LogP contribution is -2.29. The van der Waals surface area contributed by atoms with Gasteiger partial charge in [-0.15, -0.1) is 0 Å². The van der Waals surface area contributed by atoms with Crippen LogP contribution in [0, 0.1) is 0 Å². The van der Waals surface area contributed by atoms with Gasteiger partial charge in [0.25, 0.3) is 5.79 Å². The predicted octanol–water partition coefficient (Wildman–Crippen LogP) is 4.57. The quantitative estimate of drug-likeness (QED) is 0.519. The van der Waals surface area contributed by atoms with Crippen molar-refractivity contribution in [3.05, 3.63) is 113 Å². The third-order valence-corrected chi connectivity index (χ3v) is 5.67. The van der Waals surface area contributed by atoms with Crippen LogP contribution in [0.1, 0.15) is 11.1 Å². The molecule has 3 aromatic carbocycles. The van der Waals surface area contributed by atoms with E-state index in [1.807, 2.05) is 54.6 Å². The Hall–Kier alpha value is -4.23. The average molecular weight is 458 g/mol. The van der Waals surface area contributed by atoms with Crippen molar-refractivity contribution < 1.29 is 33.6 Å². The van der Waals surface area contributed by atoms with Gasteiger partial charge >= 0.3 is 5.97 Å². The van der Waals surface area contributed by atoms with Crippen molar-refractivity contribution in [1.82, 2.24) is 0 Å². The van der Waals surface area contributed by atoms with Crippen molar-refractivity contribution in [3.8, 4) is 17.2 Å². The Kier molecular flexibility index (Phi) is 5.69. The highest BCUT2D eigenvalue weighted by Gasteiger charge is 2.50. The zero-order chi connectivity index (χ0) is 23.5. The fraction of sp³-hybridized carbons (Fsp3) is 0.148. The molecule has 7 heteroatoms. The molecule has 0 radical (unpaired) electrons. The van der Waals surface area contributed by atoms with Gasteiger partial charge < -0.3 is 28.8 Å². The predicted molar refractivity (Wildman–Crippen MR) is 122 cm³/mol. The molecule has 3 aromatic rings. The molecule has 0 saturated carbocycles. The third-order valence-electron chi connectivity index (χ3n) is 5.67. The molecule has 0 aliphatic carbocycles. The van der Waals surface area contributed by atoms with Crippen LogP contribution < -0.4 is 9.47 Å². The van der Waals surface area contributed by atoms with Crippen LogP contribution in [0.4, 0.5) is 0 Å². The van der Waals surface area contributed by atoms with Gasteiger partial charge in [-0.05, 0) is 48.0 Å². The number of carbonyl (C=O) groups excluding carboxylic acids is 1. The van der Waals surface area contributed by atoms with E-state index in [1.54, 1.807) is 31.4 Å². The van der Waals surface area contributed by atoms with E-state index in [1.165, 1.54) is 6.26 Å². The molecule has 0 fully saturated rings. The third kappa shape index (κ3) is 3.97. The number of benzene rings is 3.